The van der Waals surface area contributed by atoms with Gasteiger partial charge in [0.1, 0.15) is 0 Å². The Bertz CT molecular complexity index is 201. The topological polar surface area (TPSA) is 27.7 Å². The second-order valence-electron chi connectivity index (χ2n) is 5.42. The van der Waals surface area contributed by atoms with Crippen LogP contribution in [-0.4, -0.2) is 57.2 Å². The van der Waals surface area contributed by atoms with E-state index in [0.717, 1.165) is 0 Å². The quantitative estimate of drug-likeness (QED) is 0.573. The molecule has 3 nitrogen and oxygen atoms in total. The molecule has 0 aromatic rings. The van der Waals surface area contributed by atoms with E-state index in [1.807, 2.05) is 0 Å². The van der Waals surface area contributed by atoms with Gasteiger partial charge in [0.25, 0.3) is 0 Å². The minimum absolute atomic E-state index is 0.242. The predicted molar refractivity (Wildman–Crippen MR) is 73.2 cm³/mol. The Morgan fingerprint density at radius 3 is 1.53 bits per heavy atom. The molecule has 0 aromatic carbocycles. The van der Waals surface area contributed by atoms with Crippen molar-refractivity contribution in [2.75, 3.05) is 0 Å². The summed E-state index contributed by atoms with van der Waals surface area (Å²) in [5.74, 6) is 17.7. The first kappa shape index (κ1) is 17.1. The van der Waals surface area contributed by atoms with E-state index in [4.69, 9.17) is 8.37 Å². The zero-order valence-corrected chi connectivity index (χ0v) is 19.6. The van der Waals surface area contributed by atoms with Gasteiger partial charge in [-0.2, -0.15) is 0 Å². The van der Waals surface area contributed by atoms with Crippen LogP contribution in [0, 0.1) is 0 Å². The summed E-state index contributed by atoms with van der Waals surface area (Å²) in [5, 5.41) is 0. The van der Waals surface area contributed by atoms with Crippen LogP contribution in [0.4, 0.5) is 0 Å². The summed E-state index contributed by atoms with van der Waals surface area (Å²) in [5.41, 5.74) is 0. The standard InChI is InChI=1S/C8H24Ge4O3/c1-9-13-11(5,6)15-12(7,8)14-10(2,3)4/h1-8H3. The van der Waals surface area contributed by atoms with Gasteiger partial charge < -0.3 is 0 Å². The molecule has 0 bridgehead atoms. The molecule has 15 heavy (non-hydrogen) atoms. The number of hydrogen-bond donors (Lipinski definition) is 0. The Morgan fingerprint density at radius 1 is 0.733 bits per heavy atom. The van der Waals surface area contributed by atoms with Gasteiger partial charge in [-0.15, -0.1) is 0 Å². The number of rotatable bonds is 6. The van der Waals surface area contributed by atoms with Gasteiger partial charge in [0.15, 0.2) is 0 Å². The fraction of sp³-hybridized carbons (Fsp3) is 1.00. The maximum atomic E-state index is 6.25. The third kappa shape index (κ3) is 9.73. The molecule has 0 amide bonds. The molecular weight excluding hydrogens is 435 g/mol. The maximum absolute atomic E-state index is 6.25. The van der Waals surface area contributed by atoms with Crippen molar-refractivity contribution < 1.29 is 8.37 Å². The van der Waals surface area contributed by atoms with Crippen molar-refractivity contribution in [3.8, 4) is 0 Å². The van der Waals surface area contributed by atoms with Crippen molar-refractivity contribution in [1.29, 1.82) is 0 Å². The Labute approximate surface area is 111 Å². The Hall–Kier alpha value is 2.05. The van der Waals surface area contributed by atoms with Gasteiger partial charge in [-0.25, -0.2) is 0 Å². The van der Waals surface area contributed by atoms with E-state index in [1.165, 1.54) is 0 Å². The van der Waals surface area contributed by atoms with Gasteiger partial charge in [-0.3, -0.25) is 0 Å². The van der Waals surface area contributed by atoms with E-state index >= 15 is 0 Å². The normalized spacial score (nSPS) is 14.4. The second-order valence-corrected chi connectivity index (χ2v) is 34.9. The zero-order chi connectivity index (χ0) is 12.3. The molecule has 0 saturated heterocycles. The summed E-state index contributed by atoms with van der Waals surface area (Å²) in [6.07, 6.45) is 0. The van der Waals surface area contributed by atoms with Gasteiger partial charge in [0.05, 0.1) is 0 Å². The van der Waals surface area contributed by atoms with Crippen molar-refractivity contribution in [1.82, 2.24) is 0 Å². The van der Waals surface area contributed by atoms with E-state index in [2.05, 4.69) is 46.0 Å². The van der Waals surface area contributed by atoms with Crippen LogP contribution >= 0.6 is 0 Å². The Balaban J connectivity index is 4.36. The third-order valence-electron chi connectivity index (χ3n) is 1.39. The van der Waals surface area contributed by atoms with Crippen molar-refractivity contribution in [2.45, 2.75) is 46.0 Å². The summed E-state index contributed by atoms with van der Waals surface area (Å²) >= 11 is -7.06. The van der Waals surface area contributed by atoms with Crippen LogP contribution in [0.5, 0.6) is 0 Å². The van der Waals surface area contributed by atoms with Crippen LogP contribution < -0.4 is 0 Å². The van der Waals surface area contributed by atoms with E-state index in [-0.39, 0.29) is 15.8 Å². The van der Waals surface area contributed by atoms with Gasteiger partial charge in [-0.05, 0) is 0 Å². The molecule has 2 radical (unpaired) electrons. The molecule has 0 heterocycles. The molecule has 0 N–H and O–H groups in total. The van der Waals surface area contributed by atoms with E-state index < -0.39 is 41.5 Å². The molecular formula is C8H24Ge4O3. The molecule has 0 fully saturated rings. The van der Waals surface area contributed by atoms with Crippen molar-refractivity contribution in [3.05, 3.63) is 0 Å². The summed E-state index contributed by atoms with van der Waals surface area (Å²) < 4.78 is 18.3. The third-order valence-corrected chi connectivity index (χ3v) is 37.6. The van der Waals surface area contributed by atoms with Crippen molar-refractivity contribution in [2.24, 2.45) is 0 Å². The van der Waals surface area contributed by atoms with Gasteiger partial charge >= 0.3 is 112 Å². The predicted octanol–water partition coefficient (Wildman–Crippen LogP) is 2.94. The molecule has 0 spiro atoms. The molecule has 90 valence electrons. The van der Waals surface area contributed by atoms with Crippen molar-refractivity contribution >= 4 is 57.2 Å². The summed E-state index contributed by atoms with van der Waals surface area (Å²) in [7, 11) is 0. The van der Waals surface area contributed by atoms with Crippen LogP contribution in [0.1, 0.15) is 0 Å². The fourth-order valence-corrected chi connectivity index (χ4v) is 48.4. The van der Waals surface area contributed by atoms with Crippen LogP contribution in [0.25, 0.3) is 0 Å². The van der Waals surface area contributed by atoms with Gasteiger partial charge in [-0.1, -0.05) is 0 Å². The van der Waals surface area contributed by atoms with Crippen molar-refractivity contribution in [3.63, 3.8) is 0 Å². The molecule has 0 atom stereocenters. The molecule has 0 aromatic heterocycles. The first-order valence-corrected chi connectivity index (χ1v) is 27.1. The molecule has 0 aliphatic rings. The van der Waals surface area contributed by atoms with Crippen LogP contribution in [-0.2, 0) is 8.37 Å². The average molecular weight is 459 g/mol. The van der Waals surface area contributed by atoms with Crippen LogP contribution in [0.2, 0.25) is 46.0 Å². The molecule has 0 aliphatic heterocycles. The summed E-state index contributed by atoms with van der Waals surface area (Å²) in [4.78, 5) is 0. The molecule has 7 heteroatoms. The van der Waals surface area contributed by atoms with Gasteiger partial charge in [0.2, 0.25) is 0 Å². The second kappa shape index (κ2) is 6.29. The number of hydrogen-bond acceptors (Lipinski definition) is 3. The van der Waals surface area contributed by atoms with E-state index in [0.29, 0.717) is 0 Å². The molecule has 0 saturated carbocycles. The SMILES string of the molecule is [CH3][Ge][O][Ge]([CH3])([CH3])[O][Ge]([CH3])([CH3])[O][Ge]([CH3])([CH3])[CH3]. The van der Waals surface area contributed by atoms with Crippen LogP contribution in [0.15, 0.2) is 0 Å². The first-order chi connectivity index (χ1) is 6.47. The fourth-order valence-electron chi connectivity index (χ4n) is 1.62. The molecule has 0 unspecified atom stereocenters. The monoisotopic (exact) mass is 464 g/mol. The van der Waals surface area contributed by atoms with Crippen LogP contribution in [0.3, 0.4) is 0 Å². The van der Waals surface area contributed by atoms with Gasteiger partial charge in [0, 0.05) is 0 Å². The first-order valence-electron chi connectivity index (χ1n) is 5.22. The summed E-state index contributed by atoms with van der Waals surface area (Å²) in [6, 6.07) is 0. The summed E-state index contributed by atoms with van der Waals surface area (Å²) in [6.45, 7) is 0. The molecule has 0 aliphatic carbocycles. The zero-order valence-electron chi connectivity index (χ0n) is 11.2. The molecule has 0 rings (SSSR count). The minimum atomic E-state index is -2.47. The Kier molecular flexibility index (Phi) is 7.15. The Morgan fingerprint density at radius 2 is 1.20 bits per heavy atom. The van der Waals surface area contributed by atoms with E-state index in [9.17, 15) is 0 Å². The van der Waals surface area contributed by atoms with E-state index in [1.54, 1.807) is 0 Å². The average Bonchev–Trinajstić information content (AvgIpc) is 1.74.